The smallest absolute Gasteiger partial charge is 0.150 e. The fraction of sp³-hybridized carbons (Fsp3) is 0.143. The van der Waals surface area contributed by atoms with Crippen molar-refractivity contribution >= 4 is 0 Å². The third-order valence-corrected chi connectivity index (χ3v) is 4.37. The van der Waals surface area contributed by atoms with Gasteiger partial charge in [0.15, 0.2) is 5.60 Å². The summed E-state index contributed by atoms with van der Waals surface area (Å²) in [6.07, 6.45) is 0. The standard InChI is InChI=1S/C21H19NO2/c22-14-15-23-21(16-8-2-1-3-9-16)17-10-4-6-12-19(17)24-20-13-7-5-11-18(20)21/h1-13H,14-15,22H2. The van der Waals surface area contributed by atoms with Gasteiger partial charge in [0, 0.05) is 17.7 Å². The number of fused-ring (bicyclic) bond motifs is 2. The van der Waals surface area contributed by atoms with Crippen molar-refractivity contribution in [3.63, 3.8) is 0 Å². The fourth-order valence-corrected chi connectivity index (χ4v) is 3.39. The summed E-state index contributed by atoms with van der Waals surface area (Å²) in [6.45, 7) is 0.914. The van der Waals surface area contributed by atoms with Crippen molar-refractivity contribution in [3.05, 3.63) is 95.6 Å². The third-order valence-electron chi connectivity index (χ3n) is 4.37. The summed E-state index contributed by atoms with van der Waals surface area (Å²) >= 11 is 0. The van der Waals surface area contributed by atoms with Crippen LogP contribution in [0.3, 0.4) is 0 Å². The summed E-state index contributed by atoms with van der Waals surface area (Å²) in [6, 6.07) is 26.3. The molecule has 3 aromatic rings. The van der Waals surface area contributed by atoms with Crippen molar-refractivity contribution in [3.8, 4) is 11.5 Å². The van der Waals surface area contributed by atoms with E-state index in [4.69, 9.17) is 15.2 Å². The van der Waals surface area contributed by atoms with E-state index in [1.54, 1.807) is 0 Å². The predicted octanol–water partition coefficient (Wildman–Crippen LogP) is 4.06. The molecule has 0 atom stereocenters. The van der Waals surface area contributed by atoms with Crippen molar-refractivity contribution < 1.29 is 9.47 Å². The Morgan fingerprint density at radius 3 is 1.88 bits per heavy atom. The molecule has 2 N–H and O–H groups in total. The van der Waals surface area contributed by atoms with Crippen molar-refractivity contribution in [1.29, 1.82) is 0 Å². The molecule has 1 aliphatic heterocycles. The highest BCUT2D eigenvalue weighted by Crippen LogP contribution is 2.52. The van der Waals surface area contributed by atoms with Crippen LogP contribution < -0.4 is 10.5 Å². The molecular formula is C21H19NO2. The van der Waals surface area contributed by atoms with Gasteiger partial charge < -0.3 is 15.2 Å². The van der Waals surface area contributed by atoms with E-state index in [1.165, 1.54) is 0 Å². The molecule has 0 radical (unpaired) electrons. The molecule has 0 aliphatic carbocycles. The van der Waals surface area contributed by atoms with Gasteiger partial charge in [-0.15, -0.1) is 0 Å². The van der Waals surface area contributed by atoms with Crippen molar-refractivity contribution in [2.45, 2.75) is 5.60 Å². The van der Waals surface area contributed by atoms with Gasteiger partial charge in [0.1, 0.15) is 11.5 Å². The van der Waals surface area contributed by atoms with Gasteiger partial charge in [-0.2, -0.15) is 0 Å². The number of hydrogen-bond acceptors (Lipinski definition) is 3. The van der Waals surface area contributed by atoms with Gasteiger partial charge in [0.25, 0.3) is 0 Å². The Hall–Kier alpha value is -2.62. The number of benzene rings is 3. The predicted molar refractivity (Wildman–Crippen MR) is 94.3 cm³/mol. The minimum absolute atomic E-state index is 0.456. The maximum Gasteiger partial charge on any atom is 0.150 e. The molecule has 24 heavy (non-hydrogen) atoms. The monoisotopic (exact) mass is 317 g/mol. The zero-order chi connectivity index (χ0) is 16.4. The summed E-state index contributed by atoms with van der Waals surface area (Å²) in [7, 11) is 0. The second-order valence-electron chi connectivity index (χ2n) is 5.78. The average Bonchev–Trinajstić information content (AvgIpc) is 2.66. The van der Waals surface area contributed by atoms with Crippen LogP contribution in [0.1, 0.15) is 16.7 Å². The van der Waals surface area contributed by atoms with E-state index in [0.717, 1.165) is 28.2 Å². The maximum atomic E-state index is 6.45. The summed E-state index contributed by atoms with van der Waals surface area (Å²) in [5, 5.41) is 0. The van der Waals surface area contributed by atoms with Crippen LogP contribution in [-0.4, -0.2) is 13.2 Å². The first-order valence-corrected chi connectivity index (χ1v) is 8.12. The number of para-hydroxylation sites is 2. The van der Waals surface area contributed by atoms with Crippen LogP contribution in [0.2, 0.25) is 0 Å². The lowest BCUT2D eigenvalue weighted by molar-refractivity contribution is 0.0112. The molecular weight excluding hydrogens is 298 g/mol. The lowest BCUT2D eigenvalue weighted by atomic mass is 9.78. The Morgan fingerprint density at radius 2 is 1.29 bits per heavy atom. The molecule has 0 amide bonds. The van der Waals surface area contributed by atoms with E-state index in [0.29, 0.717) is 13.2 Å². The summed E-state index contributed by atoms with van der Waals surface area (Å²) in [5.41, 5.74) is 8.13. The average molecular weight is 317 g/mol. The zero-order valence-corrected chi connectivity index (χ0v) is 13.3. The number of rotatable bonds is 4. The number of nitrogens with two attached hydrogens (primary N) is 1. The van der Waals surface area contributed by atoms with Crippen molar-refractivity contribution in [1.82, 2.24) is 0 Å². The first-order chi connectivity index (χ1) is 11.9. The Bertz CT molecular complexity index is 800. The van der Waals surface area contributed by atoms with Crippen molar-refractivity contribution in [2.24, 2.45) is 5.73 Å². The van der Waals surface area contributed by atoms with E-state index in [-0.39, 0.29) is 0 Å². The molecule has 3 aromatic carbocycles. The molecule has 4 rings (SSSR count). The highest BCUT2D eigenvalue weighted by Gasteiger charge is 2.44. The Balaban J connectivity index is 2.04. The van der Waals surface area contributed by atoms with Crippen LogP contribution in [0, 0.1) is 0 Å². The Labute approximate surface area is 141 Å². The summed E-state index contributed by atoms with van der Waals surface area (Å²) in [5.74, 6) is 1.63. The van der Waals surface area contributed by atoms with Crippen LogP contribution in [0.25, 0.3) is 0 Å². The molecule has 0 bridgehead atoms. The lowest BCUT2D eigenvalue weighted by Crippen LogP contribution is -2.37. The SMILES string of the molecule is NCCOC1(c2ccccc2)c2ccccc2Oc2ccccc21. The van der Waals surface area contributed by atoms with Crippen molar-refractivity contribution in [2.75, 3.05) is 13.2 Å². The summed E-state index contributed by atoms with van der Waals surface area (Å²) in [4.78, 5) is 0. The molecule has 0 saturated heterocycles. The van der Waals surface area contributed by atoms with Gasteiger partial charge in [-0.1, -0.05) is 66.7 Å². The molecule has 0 saturated carbocycles. The topological polar surface area (TPSA) is 44.5 Å². The molecule has 3 heteroatoms. The maximum absolute atomic E-state index is 6.45. The highest BCUT2D eigenvalue weighted by atomic mass is 16.5. The van der Waals surface area contributed by atoms with Gasteiger partial charge >= 0.3 is 0 Å². The normalized spacial score (nSPS) is 14.4. The molecule has 0 fully saturated rings. The second-order valence-corrected chi connectivity index (χ2v) is 5.78. The molecule has 120 valence electrons. The molecule has 3 nitrogen and oxygen atoms in total. The first kappa shape index (κ1) is 14.9. The Morgan fingerprint density at radius 1 is 0.750 bits per heavy atom. The van der Waals surface area contributed by atoms with Crippen LogP contribution in [0.5, 0.6) is 11.5 Å². The van der Waals surface area contributed by atoms with Gasteiger partial charge in [0.2, 0.25) is 0 Å². The first-order valence-electron chi connectivity index (χ1n) is 8.12. The molecule has 1 aliphatic rings. The van der Waals surface area contributed by atoms with Gasteiger partial charge in [-0.05, 0) is 17.7 Å². The highest BCUT2D eigenvalue weighted by molar-refractivity contribution is 5.61. The second kappa shape index (κ2) is 6.11. The van der Waals surface area contributed by atoms with Crippen LogP contribution in [0.15, 0.2) is 78.9 Å². The molecule has 0 unspecified atom stereocenters. The van der Waals surface area contributed by atoms with E-state index in [9.17, 15) is 0 Å². The largest absolute Gasteiger partial charge is 0.457 e. The lowest BCUT2D eigenvalue weighted by Gasteiger charge is -2.40. The van der Waals surface area contributed by atoms with Crippen LogP contribution >= 0.6 is 0 Å². The summed E-state index contributed by atoms with van der Waals surface area (Å²) < 4.78 is 12.6. The van der Waals surface area contributed by atoms with Gasteiger partial charge in [-0.25, -0.2) is 0 Å². The van der Waals surface area contributed by atoms with Gasteiger partial charge in [-0.3, -0.25) is 0 Å². The minimum Gasteiger partial charge on any atom is -0.457 e. The number of ether oxygens (including phenoxy) is 2. The molecule has 1 heterocycles. The van der Waals surface area contributed by atoms with Crippen LogP contribution in [-0.2, 0) is 10.3 Å². The van der Waals surface area contributed by atoms with E-state index >= 15 is 0 Å². The zero-order valence-electron chi connectivity index (χ0n) is 13.3. The molecule has 0 spiro atoms. The van der Waals surface area contributed by atoms with Gasteiger partial charge in [0.05, 0.1) is 6.61 Å². The fourth-order valence-electron chi connectivity index (χ4n) is 3.39. The Kier molecular flexibility index (Phi) is 3.81. The molecule has 0 aromatic heterocycles. The van der Waals surface area contributed by atoms with Crippen LogP contribution in [0.4, 0.5) is 0 Å². The quantitative estimate of drug-likeness (QED) is 0.789. The van der Waals surface area contributed by atoms with E-state index in [2.05, 4.69) is 24.3 Å². The number of hydrogen-bond donors (Lipinski definition) is 1. The van der Waals surface area contributed by atoms with E-state index < -0.39 is 5.60 Å². The third kappa shape index (κ3) is 2.21. The van der Waals surface area contributed by atoms with E-state index in [1.807, 2.05) is 54.6 Å². The minimum atomic E-state index is -0.716.